The number of methoxy groups -OCH3 is 1. The number of aromatic nitrogens is 3. The van der Waals surface area contributed by atoms with E-state index in [0.29, 0.717) is 35.2 Å². The molecule has 0 unspecified atom stereocenters. The molecule has 4 rings (SSSR count). The van der Waals surface area contributed by atoms with E-state index >= 15 is 0 Å². The smallest absolute Gasteiger partial charge is 0.316 e. The van der Waals surface area contributed by atoms with E-state index in [0.717, 1.165) is 16.8 Å². The van der Waals surface area contributed by atoms with Crippen molar-refractivity contribution in [3.05, 3.63) is 47.0 Å². The second-order valence-corrected chi connectivity index (χ2v) is 8.46. The third-order valence-electron chi connectivity index (χ3n) is 4.93. The average Bonchev–Trinajstić information content (AvgIpc) is 3.16. The Labute approximate surface area is 178 Å². The molecule has 0 saturated heterocycles. The number of carbonyl (C=O) groups is 1. The third-order valence-corrected chi connectivity index (χ3v) is 5.84. The first kappa shape index (κ1) is 20.2. The fourth-order valence-corrected chi connectivity index (χ4v) is 4.24. The van der Waals surface area contributed by atoms with Crippen molar-refractivity contribution in [2.24, 2.45) is 0 Å². The summed E-state index contributed by atoms with van der Waals surface area (Å²) in [6.07, 6.45) is 0.586. The Morgan fingerprint density at radius 1 is 1.33 bits per heavy atom. The summed E-state index contributed by atoms with van der Waals surface area (Å²) in [7, 11) is 1.34. The minimum Gasteiger partial charge on any atom is -0.468 e. The largest absolute Gasteiger partial charge is 0.468 e. The molecule has 1 aromatic carbocycles. The Kier molecular flexibility index (Phi) is 5.37. The minimum atomic E-state index is -0.385. The number of thioether (sulfide) groups is 1. The number of rotatable bonds is 5. The number of pyridine rings is 1. The first-order chi connectivity index (χ1) is 14.4. The summed E-state index contributed by atoms with van der Waals surface area (Å²) in [5.41, 5.74) is 3.35. The van der Waals surface area contributed by atoms with Gasteiger partial charge in [-0.3, -0.25) is 9.20 Å². The van der Waals surface area contributed by atoms with Crippen molar-refractivity contribution in [2.45, 2.75) is 37.6 Å². The standard InChI is InChI=1S/C21H21N5O3S/c1-21(2)9-14-15(10-22)18(23-13-7-5-4-6-8-13)26-19(16(14)11-29-21)24-25-20(26)30-12-17(27)28-3/h4-8,23H,9,11-12H2,1-3H3. The molecular weight excluding hydrogens is 402 g/mol. The van der Waals surface area contributed by atoms with Crippen molar-refractivity contribution < 1.29 is 14.3 Å². The van der Waals surface area contributed by atoms with Crippen LogP contribution in [0, 0.1) is 11.3 Å². The summed E-state index contributed by atoms with van der Waals surface area (Å²) in [5.74, 6) is 0.301. The summed E-state index contributed by atoms with van der Waals surface area (Å²) in [6, 6.07) is 12.0. The second kappa shape index (κ2) is 7.97. The molecule has 0 atom stereocenters. The van der Waals surface area contributed by atoms with Gasteiger partial charge in [0.1, 0.15) is 11.9 Å². The van der Waals surface area contributed by atoms with Crippen LogP contribution in [0.15, 0.2) is 35.5 Å². The first-order valence-corrected chi connectivity index (χ1v) is 10.4. The zero-order chi connectivity index (χ0) is 21.3. The lowest BCUT2D eigenvalue weighted by atomic mass is 9.89. The van der Waals surface area contributed by atoms with Crippen molar-refractivity contribution in [1.82, 2.24) is 14.6 Å². The van der Waals surface area contributed by atoms with E-state index in [-0.39, 0.29) is 17.3 Å². The number of nitriles is 1. The highest BCUT2D eigenvalue weighted by Gasteiger charge is 2.33. The minimum absolute atomic E-state index is 0.0879. The number of hydrogen-bond acceptors (Lipinski definition) is 8. The van der Waals surface area contributed by atoms with E-state index in [1.54, 1.807) is 4.40 Å². The van der Waals surface area contributed by atoms with Gasteiger partial charge in [0.25, 0.3) is 0 Å². The second-order valence-electron chi connectivity index (χ2n) is 7.52. The zero-order valence-corrected chi connectivity index (χ0v) is 17.7. The normalized spacial score (nSPS) is 14.7. The van der Waals surface area contributed by atoms with E-state index in [4.69, 9.17) is 9.47 Å². The van der Waals surface area contributed by atoms with Crippen molar-refractivity contribution in [3.8, 4) is 6.07 Å². The molecule has 0 amide bonds. The molecule has 0 saturated carbocycles. The summed E-state index contributed by atoms with van der Waals surface area (Å²) in [4.78, 5) is 11.7. The molecule has 30 heavy (non-hydrogen) atoms. The lowest BCUT2D eigenvalue weighted by Gasteiger charge is -2.33. The van der Waals surface area contributed by atoms with Crippen molar-refractivity contribution in [3.63, 3.8) is 0 Å². The van der Waals surface area contributed by atoms with Crippen LogP contribution in [0.3, 0.4) is 0 Å². The van der Waals surface area contributed by atoms with Gasteiger partial charge in [0.15, 0.2) is 10.8 Å². The summed E-state index contributed by atoms with van der Waals surface area (Å²) < 4.78 is 12.5. The van der Waals surface area contributed by atoms with Crippen LogP contribution in [-0.2, 0) is 27.3 Å². The van der Waals surface area contributed by atoms with Gasteiger partial charge in [-0.25, -0.2) is 0 Å². The molecule has 0 radical (unpaired) electrons. The highest BCUT2D eigenvalue weighted by atomic mass is 32.2. The number of benzene rings is 1. The molecule has 2 aromatic heterocycles. The Bertz CT molecular complexity index is 1150. The highest BCUT2D eigenvalue weighted by Crippen LogP contribution is 2.38. The average molecular weight is 423 g/mol. The number of carbonyl (C=O) groups excluding carboxylic acids is 1. The molecule has 0 aliphatic carbocycles. The summed E-state index contributed by atoms with van der Waals surface area (Å²) >= 11 is 1.21. The number of esters is 1. The predicted molar refractivity (Wildman–Crippen MR) is 113 cm³/mol. The fraction of sp³-hybridized carbons (Fsp3) is 0.333. The molecule has 1 aliphatic rings. The number of anilines is 2. The lowest BCUT2D eigenvalue weighted by molar-refractivity contribution is -0.137. The van der Waals surface area contributed by atoms with Gasteiger partial charge in [-0.15, -0.1) is 10.2 Å². The summed E-state index contributed by atoms with van der Waals surface area (Å²) in [5, 5.41) is 22.6. The van der Waals surface area contributed by atoms with Crippen molar-refractivity contribution in [1.29, 1.82) is 5.26 Å². The maximum Gasteiger partial charge on any atom is 0.316 e. The van der Waals surface area contributed by atoms with E-state index in [1.807, 2.05) is 44.2 Å². The van der Waals surface area contributed by atoms with Crippen LogP contribution in [0.4, 0.5) is 11.5 Å². The van der Waals surface area contributed by atoms with Gasteiger partial charge in [0, 0.05) is 17.7 Å². The van der Waals surface area contributed by atoms with Gasteiger partial charge in [-0.2, -0.15) is 5.26 Å². The molecule has 1 aliphatic heterocycles. The van der Waals surface area contributed by atoms with Crippen LogP contribution in [0.1, 0.15) is 30.5 Å². The topological polar surface area (TPSA) is 102 Å². The molecule has 1 N–H and O–H groups in total. The number of nitrogens with zero attached hydrogens (tertiary/aromatic N) is 4. The molecule has 154 valence electrons. The molecule has 0 fully saturated rings. The highest BCUT2D eigenvalue weighted by molar-refractivity contribution is 7.99. The van der Waals surface area contributed by atoms with Gasteiger partial charge in [-0.05, 0) is 31.5 Å². The quantitative estimate of drug-likeness (QED) is 0.492. The molecule has 8 nitrogen and oxygen atoms in total. The predicted octanol–water partition coefficient (Wildman–Crippen LogP) is 3.46. The fourth-order valence-electron chi connectivity index (χ4n) is 3.47. The van der Waals surface area contributed by atoms with Gasteiger partial charge in [0.05, 0.1) is 30.6 Å². The Morgan fingerprint density at radius 2 is 2.10 bits per heavy atom. The van der Waals surface area contributed by atoms with E-state index in [9.17, 15) is 10.1 Å². The Hall–Kier alpha value is -3.09. The van der Waals surface area contributed by atoms with Crippen LogP contribution in [0.5, 0.6) is 0 Å². The van der Waals surface area contributed by atoms with Crippen LogP contribution < -0.4 is 5.32 Å². The molecule has 3 aromatic rings. The first-order valence-electron chi connectivity index (χ1n) is 9.42. The van der Waals surface area contributed by atoms with Gasteiger partial charge >= 0.3 is 5.97 Å². The monoisotopic (exact) mass is 423 g/mol. The number of ether oxygens (including phenoxy) is 2. The maximum atomic E-state index is 11.7. The third kappa shape index (κ3) is 3.72. The molecular formula is C21H21N5O3S. The maximum absolute atomic E-state index is 11.7. The van der Waals surface area contributed by atoms with Gasteiger partial charge in [-0.1, -0.05) is 30.0 Å². The Balaban J connectivity index is 1.93. The van der Waals surface area contributed by atoms with Crippen molar-refractivity contribution in [2.75, 3.05) is 18.2 Å². The van der Waals surface area contributed by atoms with E-state index in [1.165, 1.54) is 18.9 Å². The Morgan fingerprint density at radius 3 is 2.80 bits per heavy atom. The lowest BCUT2D eigenvalue weighted by Crippen LogP contribution is -2.33. The molecule has 9 heteroatoms. The van der Waals surface area contributed by atoms with Crippen LogP contribution in [0.2, 0.25) is 0 Å². The number of nitrogens with one attached hydrogen (secondary N) is 1. The van der Waals surface area contributed by atoms with Gasteiger partial charge in [0.2, 0.25) is 0 Å². The zero-order valence-electron chi connectivity index (χ0n) is 16.9. The number of para-hydroxylation sites is 1. The summed E-state index contributed by atoms with van der Waals surface area (Å²) in [6.45, 7) is 4.35. The van der Waals surface area contributed by atoms with E-state index < -0.39 is 0 Å². The van der Waals surface area contributed by atoms with Crippen LogP contribution in [-0.4, -0.2) is 39.0 Å². The van der Waals surface area contributed by atoms with Crippen LogP contribution in [0.25, 0.3) is 5.65 Å². The van der Waals surface area contributed by atoms with Crippen LogP contribution >= 0.6 is 11.8 Å². The number of fused-ring (bicyclic) bond motifs is 3. The molecule has 3 heterocycles. The molecule has 0 bridgehead atoms. The SMILES string of the molecule is COC(=O)CSc1nnc2c3c(c(C#N)c(Nc4ccccc4)n12)CC(C)(C)OC3. The van der Waals surface area contributed by atoms with Gasteiger partial charge < -0.3 is 14.8 Å². The van der Waals surface area contributed by atoms with E-state index in [2.05, 4.69) is 21.6 Å². The van der Waals surface area contributed by atoms with Crippen molar-refractivity contribution >= 4 is 34.9 Å². The molecule has 0 spiro atoms. The number of hydrogen-bond donors (Lipinski definition) is 1.